The summed E-state index contributed by atoms with van der Waals surface area (Å²) in [6, 6.07) is 8.98. The van der Waals surface area contributed by atoms with Gasteiger partial charge < -0.3 is 4.90 Å². The highest BCUT2D eigenvalue weighted by Crippen LogP contribution is 2.13. The Kier molecular flexibility index (Phi) is 6.61. The average Bonchev–Trinajstić information content (AvgIpc) is 2.83. The lowest BCUT2D eigenvalue weighted by atomic mass is 10.2. The highest BCUT2D eigenvalue weighted by Gasteiger charge is 2.19. The Morgan fingerprint density at radius 3 is 2.70 bits per heavy atom. The molecule has 0 spiro atoms. The molecule has 3 rings (SSSR count). The number of hydrogen-bond donors (Lipinski definition) is 0. The lowest BCUT2D eigenvalue weighted by Gasteiger charge is -2.22. The van der Waals surface area contributed by atoms with E-state index in [1.807, 2.05) is 35.6 Å². The first kappa shape index (κ1) is 19.5. The van der Waals surface area contributed by atoms with Crippen molar-refractivity contribution in [3.05, 3.63) is 53.1 Å². The van der Waals surface area contributed by atoms with Crippen LogP contribution in [-0.4, -0.2) is 51.7 Å². The standard InChI is InChI=1S/C21H29FN4O/c1-17-15-18(2)26(23-17)12-5-9-21(27)25-11-6-10-24(13-14-25)16-19-7-3-4-8-20(19)22/h3-4,7-8,15H,5-6,9-14,16H2,1-2H3. The van der Waals surface area contributed by atoms with Gasteiger partial charge in [-0.2, -0.15) is 5.10 Å². The van der Waals surface area contributed by atoms with Crippen LogP contribution in [0.25, 0.3) is 0 Å². The molecule has 2 heterocycles. The molecule has 1 amide bonds. The summed E-state index contributed by atoms with van der Waals surface area (Å²) in [5, 5.41) is 4.45. The van der Waals surface area contributed by atoms with Gasteiger partial charge in [0.2, 0.25) is 5.91 Å². The summed E-state index contributed by atoms with van der Waals surface area (Å²) in [5.74, 6) is 0.0584. The second-order valence-electron chi connectivity index (χ2n) is 7.36. The number of hydrogen-bond acceptors (Lipinski definition) is 3. The molecule has 0 bridgehead atoms. The minimum atomic E-state index is -0.154. The van der Waals surface area contributed by atoms with Gasteiger partial charge in [0, 0.05) is 56.9 Å². The first-order chi connectivity index (χ1) is 13.0. The van der Waals surface area contributed by atoms with Gasteiger partial charge in [-0.1, -0.05) is 18.2 Å². The van der Waals surface area contributed by atoms with Crippen molar-refractivity contribution in [2.45, 2.75) is 46.2 Å². The number of amides is 1. The molecule has 1 aromatic heterocycles. The smallest absolute Gasteiger partial charge is 0.222 e. The van der Waals surface area contributed by atoms with Gasteiger partial charge in [-0.05, 0) is 38.8 Å². The van der Waals surface area contributed by atoms with Gasteiger partial charge in [-0.3, -0.25) is 14.4 Å². The van der Waals surface area contributed by atoms with Crippen LogP contribution < -0.4 is 0 Å². The second kappa shape index (κ2) is 9.13. The predicted molar refractivity (Wildman–Crippen MR) is 104 cm³/mol. The first-order valence-corrected chi connectivity index (χ1v) is 9.77. The normalized spacial score (nSPS) is 15.7. The fraction of sp³-hybridized carbons (Fsp3) is 0.524. The molecular formula is C21H29FN4O. The van der Waals surface area contributed by atoms with Gasteiger partial charge in [0.05, 0.1) is 5.69 Å². The fourth-order valence-corrected chi connectivity index (χ4v) is 3.69. The zero-order valence-electron chi connectivity index (χ0n) is 16.3. The lowest BCUT2D eigenvalue weighted by Crippen LogP contribution is -2.35. The number of nitrogens with zero attached hydrogens (tertiary/aromatic N) is 4. The molecule has 1 saturated heterocycles. The summed E-state index contributed by atoms with van der Waals surface area (Å²) in [6.07, 6.45) is 2.28. The van der Waals surface area contributed by atoms with Gasteiger partial charge in [0.15, 0.2) is 0 Å². The van der Waals surface area contributed by atoms with Crippen molar-refractivity contribution < 1.29 is 9.18 Å². The third-order valence-electron chi connectivity index (χ3n) is 5.16. The van der Waals surface area contributed by atoms with Gasteiger partial charge in [0.25, 0.3) is 0 Å². The van der Waals surface area contributed by atoms with Gasteiger partial charge in [-0.25, -0.2) is 4.39 Å². The largest absolute Gasteiger partial charge is 0.341 e. The van der Waals surface area contributed by atoms with Crippen molar-refractivity contribution in [2.24, 2.45) is 0 Å². The van der Waals surface area contributed by atoms with Crippen LogP contribution >= 0.6 is 0 Å². The second-order valence-corrected chi connectivity index (χ2v) is 7.36. The van der Waals surface area contributed by atoms with E-state index in [0.29, 0.717) is 19.5 Å². The van der Waals surface area contributed by atoms with Crippen LogP contribution in [0.4, 0.5) is 4.39 Å². The van der Waals surface area contributed by atoms with E-state index >= 15 is 0 Å². The van der Waals surface area contributed by atoms with Crippen LogP contribution in [0.2, 0.25) is 0 Å². The maximum absolute atomic E-state index is 13.9. The van der Waals surface area contributed by atoms with Gasteiger partial charge >= 0.3 is 0 Å². The van der Waals surface area contributed by atoms with Gasteiger partial charge in [-0.15, -0.1) is 0 Å². The first-order valence-electron chi connectivity index (χ1n) is 9.77. The number of rotatable bonds is 6. The van der Waals surface area contributed by atoms with Crippen LogP contribution in [0, 0.1) is 19.7 Å². The molecule has 1 fully saturated rings. The summed E-state index contributed by atoms with van der Waals surface area (Å²) < 4.78 is 15.8. The van der Waals surface area contributed by atoms with Crippen LogP contribution in [0.15, 0.2) is 30.3 Å². The Labute approximate surface area is 160 Å². The molecule has 0 aliphatic carbocycles. The van der Waals surface area contributed by atoms with Crippen molar-refractivity contribution >= 4 is 5.91 Å². The van der Waals surface area contributed by atoms with E-state index in [1.54, 1.807) is 6.07 Å². The zero-order valence-corrected chi connectivity index (χ0v) is 16.3. The minimum Gasteiger partial charge on any atom is -0.341 e. The molecule has 0 N–H and O–H groups in total. The Bertz CT molecular complexity index is 773. The number of benzene rings is 1. The average molecular weight is 372 g/mol. The Morgan fingerprint density at radius 1 is 1.15 bits per heavy atom. The third-order valence-corrected chi connectivity index (χ3v) is 5.16. The molecule has 6 heteroatoms. The van der Waals surface area contributed by atoms with Crippen molar-refractivity contribution in [3.8, 4) is 0 Å². The summed E-state index contributed by atoms with van der Waals surface area (Å²) >= 11 is 0. The van der Waals surface area contributed by atoms with Crippen LogP contribution in [0.1, 0.15) is 36.2 Å². The maximum atomic E-state index is 13.9. The molecular weight excluding hydrogens is 343 g/mol. The van der Waals surface area contributed by atoms with Crippen molar-refractivity contribution in [1.29, 1.82) is 0 Å². The summed E-state index contributed by atoms with van der Waals surface area (Å²) in [7, 11) is 0. The van der Waals surface area contributed by atoms with E-state index in [2.05, 4.69) is 16.1 Å². The predicted octanol–water partition coefficient (Wildman–Crippen LogP) is 3.15. The quantitative estimate of drug-likeness (QED) is 0.782. The number of carbonyl (C=O) groups is 1. The molecule has 146 valence electrons. The van der Waals surface area contributed by atoms with Crippen molar-refractivity contribution in [3.63, 3.8) is 0 Å². The minimum absolute atomic E-state index is 0.154. The molecule has 0 atom stereocenters. The highest BCUT2D eigenvalue weighted by atomic mass is 19.1. The number of aromatic nitrogens is 2. The molecule has 0 unspecified atom stereocenters. The molecule has 1 aliphatic rings. The molecule has 27 heavy (non-hydrogen) atoms. The van der Waals surface area contributed by atoms with E-state index in [1.165, 1.54) is 6.07 Å². The SMILES string of the molecule is Cc1cc(C)n(CCCC(=O)N2CCCN(Cc3ccccc3F)CC2)n1. The van der Waals surface area contributed by atoms with E-state index in [0.717, 1.165) is 56.0 Å². The summed E-state index contributed by atoms with van der Waals surface area (Å²) in [6.45, 7) is 8.59. The number of aryl methyl sites for hydroxylation is 3. The fourth-order valence-electron chi connectivity index (χ4n) is 3.69. The Hall–Kier alpha value is -2.21. The lowest BCUT2D eigenvalue weighted by molar-refractivity contribution is -0.131. The molecule has 0 saturated carbocycles. The number of carbonyl (C=O) groups excluding carboxylic acids is 1. The number of halogens is 1. The molecule has 1 aliphatic heterocycles. The van der Waals surface area contributed by atoms with Crippen molar-refractivity contribution in [2.75, 3.05) is 26.2 Å². The van der Waals surface area contributed by atoms with E-state index in [4.69, 9.17) is 0 Å². The Balaban J connectivity index is 1.45. The monoisotopic (exact) mass is 372 g/mol. The molecule has 5 nitrogen and oxygen atoms in total. The van der Waals surface area contributed by atoms with Crippen LogP contribution in [0.5, 0.6) is 0 Å². The molecule has 2 aromatic rings. The van der Waals surface area contributed by atoms with E-state index < -0.39 is 0 Å². The maximum Gasteiger partial charge on any atom is 0.222 e. The van der Waals surface area contributed by atoms with Crippen molar-refractivity contribution in [1.82, 2.24) is 19.6 Å². The topological polar surface area (TPSA) is 41.4 Å². The van der Waals surface area contributed by atoms with Gasteiger partial charge in [0.1, 0.15) is 5.82 Å². The highest BCUT2D eigenvalue weighted by molar-refractivity contribution is 5.76. The van der Waals surface area contributed by atoms with E-state index in [-0.39, 0.29) is 11.7 Å². The molecule has 0 radical (unpaired) electrons. The summed E-state index contributed by atoms with van der Waals surface area (Å²) in [5.41, 5.74) is 2.88. The molecule has 1 aromatic carbocycles. The third kappa shape index (κ3) is 5.39. The Morgan fingerprint density at radius 2 is 1.96 bits per heavy atom. The van der Waals surface area contributed by atoms with Crippen LogP contribution in [0.3, 0.4) is 0 Å². The summed E-state index contributed by atoms with van der Waals surface area (Å²) in [4.78, 5) is 16.8. The zero-order chi connectivity index (χ0) is 19.2. The van der Waals surface area contributed by atoms with E-state index in [9.17, 15) is 9.18 Å². The van der Waals surface area contributed by atoms with Crippen LogP contribution in [-0.2, 0) is 17.9 Å².